The van der Waals surface area contributed by atoms with E-state index in [0.29, 0.717) is 13.1 Å². The quantitative estimate of drug-likeness (QED) is 0.757. The van der Waals surface area contributed by atoms with E-state index in [-0.39, 0.29) is 17.4 Å². The molecule has 5 nitrogen and oxygen atoms in total. The van der Waals surface area contributed by atoms with Crippen molar-refractivity contribution in [3.8, 4) is 10.6 Å². The van der Waals surface area contributed by atoms with Gasteiger partial charge in [0.05, 0.1) is 11.4 Å². The molecule has 0 spiro atoms. The van der Waals surface area contributed by atoms with Gasteiger partial charge in [-0.15, -0.1) is 11.3 Å². The number of amides is 1. The molecule has 1 amide bonds. The predicted octanol–water partition coefficient (Wildman–Crippen LogP) is 3.30. The van der Waals surface area contributed by atoms with Gasteiger partial charge in [-0.25, -0.2) is 4.68 Å². The van der Waals surface area contributed by atoms with Gasteiger partial charge in [0.2, 0.25) is 5.91 Å². The van der Waals surface area contributed by atoms with Gasteiger partial charge in [-0.2, -0.15) is 5.10 Å². The van der Waals surface area contributed by atoms with Crippen LogP contribution in [-0.2, 0) is 11.3 Å². The van der Waals surface area contributed by atoms with Crippen molar-refractivity contribution >= 4 is 17.2 Å². The fraction of sp³-hybridized carbons (Fsp3) is 0.500. The van der Waals surface area contributed by atoms with E-state index in [1.807, 2.05) is 17.5 Å². The first-order valence-corrected chi connectivity index (χ1v) is 9.43. The molecule has 0 unspecified atom stereocenters. The second kappa shape index (κ2) is 9.37. The molecular formula is C18H25N3O2S. The number of thiophene rings is 1. The van der Waals surface area contributed by atoms with Crippen molar-refractivity contribution in [2.75, 3.05) is 6.54 Å². The van der Waals surface area contributed by atoms with E-state index in [9.17, 15) is 9.59 Å². The second-order valence-corrected chi connectivity index (χ2v) is 6.77. The number of nitrogens with one attached hydrogen (secondary N) is 1. The normalized spacial score (nSPS) is 11.0. The number of carbonyl (C=O) groups is 1. The number of hydrogen-bond acceptors (Lipinski definition) is 4. The van der Waals surface area contributed by atoms with Gasteiger partial charge < -0.3 is 5.32 Å². The highest BCUT2D eigenvalue weighted by molar-refractivity contribution is 7.13. The third-order valence-corrected chi connectivity index (χ3v) is 4.80. The van der Waals surface area contributed by atoms with Gasteiger partial charge in [0, 0.05) is 18.5 Å². The van der Waals surface area contributed by atoms with Crippen molar-refractivity contribution in [1.82, 2.24) is 15.1 Å². The summed E-state index contributed by atoms with van der Waals surface area (Å²) < 4.78 is 1.42. The predicted molar refractivity (Wildman–Crippen MR) is 98.1 cm³/mol. The summed E-state index contributed by atoms with van der Waals surface area (Å²) in [5.74, 6) is 0.156. The van der Waals surface area contributed by atoms with Crippen molar-refractivity contribution in [2.24, 2.45) is 5.92 Å². The zero-order valence-electron chi connectivity index (χ0n) is 14.3. The Morgan fingerprint density at radius 1 is 1.25 bits per heavy atom. The Morgan fingerprint density at radius 3 is 2.62 bits per heavy atom. The molecule has 0 saturated heterocycles. The zero-order valence-corrected chi connectivity index (χ0v) is 15.1. The molecule has 2 rings (SSSR count). The molecule has 130 valence electrons. The highest BCUT2D eigenvalue weighted by atomic mass is 32.1. The standard InChI is InChI=1S/C18H25N3O2S/c1-3-6-14(7-4-2)18(23)19-11-12-21-17(22)10-9-15(20-21)16-8-5-13-24-16/h5,8-10,13-14H,3-4,6-7,11-12H2,1-2H3,(H,19,23). The van der Waals surface area contributed by atoms with Crippen LogP contribution in [0, 0.1) is 5.92 Å². The van der Waals surface area contributed by atoms with E-state index in [1.165, 1.54) is 10.7 Å². The monoisotopic (exact) mass is 347 g/mol. The van der Waals surface area contributed by atoms with E-state index in [2.05, 4.69) is 24.3 Å². The van der Waals surface area contributed by atoms with Gasteiger partial charge in [0.1, 0.15) is 5.69 Å². The van der Waals surface area contributed by atoms with Crippen LogP contribution in [0.1, 0.15) is 39.5 Å². The second-order valence-electron chi connectivity index (χ2n) is 5.82. The van der Waals surface area contributed by atoms with Gasteiger partial charge in [-0.05, 0) is 30.4 Å². The van der Waals surface area contributed by atoms with Gasteiger partial charge >= 0.3 is 0 Å². The maximum Gasteiger partial charge on any atom is 0.266 e. The number of carbonyl (C=O) groups excluding carboxylic acids is 1. The first-order chi connectivity index (χ1) is 11.7. The molecule has 0 fully saturated rings. The van der Waals surface area contributed by atoms with Crippen LogP contribution in [0.3, 0.4) is 0 Å². The summed E-state index contributed by atoms with van der Waals surface area (Å²) in [5, 5.41) is 9.32. The highest BCUT2D eigenvalue weighted by Crippen LogP contribution is 2.21. The van der Waals surface area contributed by atoms with Crippen LogP contribution in [0.2, 0.25) is 0 Å². The molecule has 2 aromatic rings. The van der Waals surface area contributed by atoms with Crippen LogP contribution in [0.5, 0.6) is 0 Å². The van der Waals surface area contributed by atoms with Crippen molar-refractivity contribution in [3.63, 3.8) is 0 Å². The minimum Gasteiger partial charge on any atom is -0.354 e. The molecule has 0 radical (unpaired) electrons. The lowest BCUT2D eigenvalue weighted by molar-refractivity contribution is -0.125. The number of rotatable bonds is 9. The minimum absolute atomic E-state index is 0.0714. The Labute approximate surface area is 146 Å². The molecule has 2 aromatic heterocycles. The first-order valence-electron chi connectivity index (χ1n) is 8.55. The van der Waals surface area contributed by atoms with Crippen LogP contribution in [0.25, 0.3) is 10.6 Å². The fourth-order valence-electron chi connectivity index (χ4n) is 2.70. The molecule has 0 aliphatic heterocycles. The maximum absolute atomic E-state index is 12.2. The fourth-order valence-corrected chi connectivity index (χ4v) is 3.39. The Morgan fingerprint density at radius 2 is 2.00 bits per heavy atom. The summed E-state index contributed by atoms with van der Waals surface area (Å²) in [6.07, 6.45) is 3.82. The molecule has 24 heavy (non-hydrogen) atoms. The summed E-state index contributed by atoms with van der Waals surface area (Å²) in [6.45, 7) is 4.99. The third kappa shape index (κ3) is 5.03. The molecule has 2 heterocycles. The van der Waals surface area contributed by atoms with Crippen molar-refractivity contribution in [3.05, 3.63) is 40.0 Å². The minimum atomic E-state index is -0.150. The van der Waals surface area contributed by atoms with Crippen LogP contribution >= 0.6 is 11.3 Å². The van der Waals surface area contributed by atoms with E-state index in [0.717, 1.165) is 36.3 Å². The van der Waals surface area contributed by atoms with Crippen molar-refractivity contribution in [1.29, 1.82) is 0 Å². The first kappa shape index (κ1) is 18.4. The molecular weight excluding hydrogens is 322 g/mol. The van der Waals surface area contributed by atoms with Gasteiger partial charge in [0.15, 0.2) is 0 Å². The van der Waals surface area contributed by atoms with E-state index >= 15 is 0 Å². The van der Waals surface area contributed by atoms with Gasteiger partial charge in [0.25, 0.3) is 5.56 Å². The Bertz CT molecular complexity index is 689. The van der Waals surface area contributed by atoms with Crippen LogP contribution in [0.4, 0.5) is 0 Å². The van der Waals surface area contributed by atoms with Crippen LogP contribution < -0.4 is 10.9 Å². The summed E-state index contributed by atoms with van der Waals surface area (Å²) >= 11 is 1.59. The molecule has 0 saturated carbocycles. The summed E-state index contributed by atoms with van der Waals surface area (Å²) in [4.78, 5) is 25.2. The van der Waals surface area contributed by atoms with Crippen molar-refractivity contribution < 1.29 is 4.79 Å². The Kier molecular flexibility index (Phi) is 7.18. The van der Waals surface area contributed by atoms with Crippen LogP contribution in [0.15, 0.2) is 34.4 Å². The Hall–Kier alpha value is -1.95. The molecule has 0 atom stereocenters. The average Bonchev–Trinajstić information content (AvgIpc) is 3.10. The lowest BCUT2D eigenvalue weighted by atomic mass is 9.97. The molecule has 0 aromatic carbocycles. The van der Waals surface area contributed by atoms with Crippen LogP contribution in [-0.4, -0.2) is 22.2 Å². The molecule has 0 aliphatic carbocycles. The van der Waals surface area contributed by atoms with Crippen molar-refractivity contribution in [2.45, 2.75) is 46.1 Å². The number of hydrogen-bond donors (Lipinski definition) is 1. The maximum atomic E-state index is 12.2. The number of nitrogens with zero attached hydrogens (tertiary/aromatic N) is 2. The topological polar surface area (TPSA) is 64.0 Å². The van der Waals surface area contributed by atoms with E-state index < -0.39 is 0 Å². The Balaban J connectivity index is 1.95. The smallest absolute Gasteiger partial charge is 0.266 e. The van der Waals surface area contributed by atoms with Gasteiger partial charge in [-0.1, -0.05) is 32.8 Å². The lowest BCUT2D eigenvalue weighted by Crippen LogP contribution is -2.35. The summed E-state index contributed by atoms with van der Waals surface area (Å²) in [6, 6.07) is 7.20. The summed E-state index contributed by atoms with van der Waals surface area (Å²) in [5.41, 5.74) is 0.633. The lowest BCUT2D eigenvalue weighted by Gasteiger charge is -2.15. The SMILES string of the molecule is CCCC(CCC)C(=O)NCCn1nc(-c2cccs2)ccc1=O. The molecule has 6 heteroatoms. The summed E-state index contributed by atoms with van der Waals surface area (Å²) in [7, 11) is 0. The molecule has 0 aliphatic rings. The zero-order chi connectivity index (χ0) is 17.4. The third-order valence-electron chi connectivity index (χ3n) is 3.91. The molecule has 1 N–H and O–H groups in total. The largest absolute Gasteiger partial charge is 0.354 e. The highest BCUT2D eigenvalue weighted by Gasteiger charge is 2.16. The number of aromatic nitrogens is 2. The molecule has 0 bridgehead atoms. The van der Waals surface area contributed by atoms with E-state index in [4.69, 9.17) is 0 Å². The van der Waals surface area contributed by atoms with E-state index in [1.54, 1.807) is 17.4 Å². The van der Waals surface area contributed by atoms with Gasteiger partial charge in [-0.3, -0.25) is 9.59 Å². The average molecular weight is 347 g/mol.